The van der Waals surface area contributed by atoms with E-state index in [4.69, 9.17) is 17.1 Å². The van der Waals surface area contributed by atoms with Gasteiger partial charge in [0.05, 0.1) is 24.0 Å². The summed E-state index contributed by atoms with van der Waals surface area (Å²) in [6.45, 7) is 1.91. The van der Waals surface area contributed by atoms with Crippen molar-refractivity contribution in [3.8, 4) is 23.7 Å². The van der Waals surface area contributed by atoms with E-state index in [9.17, 15) is 4.79 Å². The SMILES string of the molecule is C#Cc1cccc2nc([C@H](C)Nc3ncnc(N)c3-c3nnn(C)n3)n(C3CC3)c(=O)c12. The molecule has 11 heteroatoms. The average Bonchev–Trinajstić information content (AvgIpc) is 3.53. The Labute approximate surface area is 182 Å². The molecule has 11 nitrogen and oxygen atoms in total. The zero-order chi connectivity index (χ0) is 22.4. The topological polar surface area (TPSA) is 142 Å². The van der Waals surface area contributed by atoms with E-state index in [0.717, 1.165) is 12.8 Å². The van der Waals surface area contributed by atoms with Gasteiger partial charge in [-0.05, 0) is 37.1 Å². The van der Waals surface area contributed by atoms with E-state index in [0.29, 0.717) is 39.5 Å². The van der Waals surface area contributed by atoms with Crippen LogP contribution in [0.15, 0.2) is 29.3 Å². The fourth-order valence-corrected chi connectivity index (χ4v) is 3.75. The lowest BCUT2D eigenvalue weighted by Gasteiger charge is -2.21. The Kier molecular flexibility index (Phi) is 4.55. The van der Waals surface area contributed by atoms with Gasteiger partial charge in [-0.15, -0.1) is 16.6 Å². The minimum Gasteiger partial charge on any atom is -0.383 e. The maximum atomic E-state index is 13.4. The number of rotatable bonds is 5. The lowest BCUT2D eigenvalue weighted by atomic mass is 10.1. The third kappa shape index (κ3) is 3.22. The number of nitrogen functional groups attached to an aromatic ring is 1. The number of hydrogen-bond acceptors (Lipinski definition) is 9. The number of aryl methyl sites for hydroxylation is 1. The Bertz CT molecular complexity index is 1440. The summed E-state index contributed by atoms with van der Waals surface area (Å²) in [5.74, 6) is 4.12. The summed E-state index contributed by atoms with van der Waals surface area (Å²) in [5, 5.41) is 15.9. The number of hydrogen-bond donors (Lipinski definition) is 2. The first-order chi connectivity index (χ1) is 15.5. The van der Waals surface area contributed by atoms with Crippen molar-refractivity contribution >= 4 is 22.5 Å². The highest BCUT2D eigenvalue weighted by Gasteiger charge is 2.31. The van der Waals surface area contributed by atoms with Crippen LogP contribution in [0.2, 0.25) is 0 Å². The van der Waals surface area contributed by atoms with E-state index in [1.165, 1.54) is 11.1 Å². The van der Waals surface area contributed by atoms with Gasteiger partial charge in [0.25, 0.3) is 5.56 Å². The molecule has 4 aromatic rings. The quantitative estimate of drug-likeness (QED) is 0.451. The second kappa shape index (κ2) is 7.42. The largest absolute Gasteiger partial charge is 0.383 e. The number of anilines is 2. The van der Waals surface area contributed by atoms with E-state index < -0.39 is 0 Å². The van der Waals surface area contributed by atoms with Crippen molar-refractivity contribution < 1.29 is 0 Å². The van der Waals surface area contributed by atoms with E-state index in [1.807, 2.05) is 6.92 Å². The zero-order valence-electron chi connectivity index (χ0n) is 17.5. The molecule has 0 spiro atoms. The van der Waals surface area contributed by atoms with Gasteiger partial charge in [0.2, 0.25) is 5.82 Å². The van der Waals surface area contributed by atoms with Crippen LogP contribution >= 0.6 is 0 Å². The lowest BCUT2D eigenvalue weighted by Crippen LogP contribution is -2.28. The molecule has 1 atom stereocenters. The standard InChI is InChI=1S/C21H20N10O/c1-4-12-6-5-7-14-15(12)21(32)31(13-8-9-13)20(26-14)11(2)25-18-16(17(22)23-10-24-18)19-27-29-30(3)28-19/h1,5-7,10-11,13H,8-9H2,2-3H3,(H3,22,23,24,25)/t11-/m0/s1. The van der Waals surface area contributed by atoms with Gasteiger partial charge in [0.15, 0.2) is 0 Å². The molecule has 0 saturated heterocycles. The first kappa shape index (κ1) is 19.6. The normalized spacial score (nSPS) is 14.3. The summed E-state index contributed by atoms with van der Waals surface area (Å²) in [5.41, 5.74) is 7.50. The summed E-state index contributed by atoms with van der Waals surface area (Å²) in [6, 6.07) is 5.07. The molecule has 1 saturated carbocycles. The van der Waals surface area contributed by atoms with E-state index in [-0.39, 0.29) is 23.5 Å². The van der Waals surface area contributed by atoms with Gasteiger partial charge in [0, 0.05) is 11.6 Å². The number of tetrazole rings is 1. The van der Waals surface area contributed by atoms with E-state index >= 15 is 0 Å². The molecule has 3 heterocycles. The van der Waals surface area contributed by atoms with Crippen molar-refractivity contribution in [2.45, 2.75) is 31.8 Å². The van der Waals surface area contributed by atoms with Crippen molar-refractivity contribution in [3.05, 3.63) is 46.3 Å². The fraction of sp³-hybridized carbons (Fsp3) is 0.286. The molecule has 1 fully saturated rings. The molecule has 3 aromatic heterocycles. The predicted molar refractivity (Wildman–Crippen MR) is 118 cm³/mol. The molecular formula is C21H20N10O. The van der Waals surface area contributed by atoms with Crippen LogP contribution in [0, 0.1) is 12.3 Å². The maximum Gasteiger partial charge on any atom is 0.262 e. The number of fused-ring (bicyclic) bond motifs is 1. The number of aromatic nitrogens is 8. The van der Waals surface area contributed by atoms with Gasteiger partial charge >= 0.3 is 0 Å². The lowest BCUT2D eigenvalue weighted by molar-refractivity contribution is 0.609. The number of benzene rings is 1. The molecule has 0 amide bonds. The maximum absolute atomic E-state index is 13.4. The van der Waals surface area contributed by atoms with Crippen molar-refractivity contribution in [1.29, 1.82) is 0 Å². The zero-order valence-corrected chi connectivity index (χ0v) is 17.5. The van der Waals surface area contributed by atoms with Gasteiger partial charge in [-0.3, -0.25) is 9.36 Å². The van der Waals surface area contributed by atoms with Crippen LogP contribution < -0.4 is 16.6 Å². The molecule has 0 unspecified atom stereocenters. The molecule has 5 rings (SSSR count). The molecule has 3 N–H and O–H groups in total. The molecule has 1 aromatic carbocycles. The van der Waals surface area contributed by atoms with Crippen LogP contribution in [0.1, 0.15) is 43.2 Å². The molecule has 0 aliphatic heterocycles. The molecule has 32 heavy (non-hydrogen) atoms. The summed E-state index contributed by atoms with van der Waals surface area (Å²) in [7, 11) is 1.66. The third-order valence-corrected chi connectivity index (χ3v) is 5.37. The summed E-state index contributed by atoms with van der Waals surface area (Å²) < 4.78 is 1.74. The Hall–Kier alpha value is -4.33. The number of nitrogens with one attached hydrogen (secondary N) is 1. The molecule has 0 radical (unpaired) electrons. The smallest absolute Gasteiger partial charge is 0.262 e. The van der Waals surface area contributed by atoms with E-state index in [1.54, 1.807) is 29.8 Å². The van der Waals surface area contributed by atoms with Gasteiger partial charge < -0.3 is 11.1 Å². The van der Waals surface area contributed by atoms with Crippen molar-refractivity contribution in [3.63, 3.8) is 0 Å². The second-order valence-corrected chi connectivity index (χ2v) is 7.67. The van der Waals surface area contributed by atoms with Crippen LogP contribution in [0.5, 0.6) is 0 Å². The highest BCUT2D eigenvalue weighted by Crippen LogP contribution is 2.37. The monoisotopic (exact) mass is 428 g/mol. The number of terminal acetylenes is 1. The molecule has 1 aliphatic carbocycles. The van der Waals surface area contributed by atoms with Gasteiger partial charge in [-0.1, -0.05) is 12.0 Å². The summed E-state index contributed by atoms with van der Waals surface area (Å²) >= 11 is 0. The molecule has 1 aliphatic rings. The van der Waals surface area contributed by atoms with Gasteiger partial charge in [-0.2, -0.15) is 4.80 Å². The highest BCUT2D eigenvalue weighted by molar-refractivity contribution is 5.84. The molecular weight excluding hydrogens is 408 g/mol. The predicted octanol–water partition coefficient (Wildman–Crippen LogP) is 1.45. The van der Waals surface area contributed by atoms with Crippen LogP contribution in [0.4, 0.5) is 11.6 Å². The van der Waals surface area contributed by atoms with Crippen LogP contribution in [0.3, 0.4) is 0 Å². The minimum absolute atomic E-state index is 0.0982. The Morgan fingerprint density at radius 1 is 1.31 bits per heavy atom. The average molecular weight is 428 g/mol. The minimum atomic E-state index is -0.382. The number of nitrogens with two attached hydrogens (primary N) is 1. The van der Waals surface area contributed by atoms with Gasteiger partial charge in [0.1, 0.15) is 29.4 Å². The summed E-state index contributed by atoms with van der Waals surface area (Å²) in [4.78, 5) is 28.0. The van der Waals surface area contributed by atoms with Crippen molar-refractivity contribution in [2.75, 3.05) is 11.1 Å². The van der Waals surface area contributed by atoms with Crippen LogP contribution in [-0.4, -0.2) is 39.7 Å². The fourth-order valence-electron chi connectivity index (χ4n) is 3.75. The van der Waals surface area contributed by atoms with Crippen LogP contribution in [-0.2, 0) is 7.05 Å². The second-order valence-electron chi connectivity index (χ2n) is 7.67. The van der Waals surface area contributed by atoms with Crippen molar-refractivity contribution in [2.24, 2.45) is 7.05 Å². The Balaban J connectivity index is 1.62. The van der Waals surface area contributed by atoms with Gasteiger partial charge in [-0.25, -0.2) is 15.0 Å². The highest BCUT2D eigenvalue weighted by atomic mass is 16.1. The number of nitrogens with zero attached hydrogens (tertiary/aromatic N) is 8. The molecule has 0 bridgehead atoms. The van der Waals surface area contributed by atoms with E-state index in [2.05, 4.69) is 36.6 Å². The molecule has 160 valence electrons. The Morgan fingerprint density at radius 3 is 2.81 bits per heavy atom. The first-order valence-electron chi connectivity index (χ1n) is 10.1. The first-order valence-corrected chi connectivity index (χ1v) is 10.1. The van der Waals surface area contributed by atoms with Crippen LogP contribution in [0.25, 0.3) is 22.3 Å². The van der Waals surface area contributed by atoms with Crippen molar-refractivity contribution in [1.82, 2.24) is 39.7 Å². The Morgan fingerprint density at radius 2 is 2.12 bits per heavy atom. The third-order valence-electron chi connectivity index (χ3n) is 5.37. The summed E-state index contributed by atoms with van der Waals surface area (Å²) in [6.07, 6.45) is 8.82.